The Morgan fingerprint density at radius 3 is 2.58 bits per heavy atom. The summed E-state index contributed by atoms with van der Waals surface area (Å²) in [7, 11) is -1.82. The number of hydrogen-bond acceptors (Lipinski definition) is 2. The lowest BCUT2D eigenvalue weighted by atomic mass is 9.64. The quantitative estimate of drug-likeness (QED) is 0.687. The molecule has 0 saturated heterocycles. The summed E-state index contributed by atoms with van der Waals surface area (Å²) in [4.78, 5) is 12.6. The van der Waals surface area contributed by atoms with Crippen LogP contribution in [0.15, 0.2) is 11.8 Å². The summed E-state index contributed by atoms with van der Waals surface area (Å²) in [6, 6.07) is 0. The van der Waals surface area contributed by atoms with Gasteiger partial charge >= 0.3 is 0 Å². The van der Waals surface area contributed by atoms with Crippen LogP contribution in [0, 0.1) is 11.3 Å². The standard InChI is InChI=1S/C16H28O2Si/c1-15(2,3)19(5,6)18-13-9-11-16(4)10-7-8-12(13)14(16)17/h9,12H,7-8,10-11H2,1-6H3/t12-,16-/m0/s1. The Bertz CT molecular complexity index is 417. The molecule has 0 aliphatic heterocycles. The molecular weight excluding hydrogens is 252 g/mol. The van der Waals surface area contributed by atoms with Crippen molar-refractivity contribution in [1.82, 2.24) is 0 Å². The topological polar surface area (TPSA) is 26.3 Å². The second-order valence-corrected chi connectivity index (χ2v) is 12.8. The zero-order chi connectivity index (χ0) is 14.5. The Morgan fingerprint density at radius 2 is 2.00 bits per heavy atom. The van der Waals surface area contributed by atoms with Crippen LogP contribution in [-0.2, 0) is 9.22 Å². The molecule has 0 radical (unpaired) electrons. The van der Waals surface area contributed by atoms with Crippen molar-refractivity contribution < 1.29 is 9.22 Å². The van der Waals surface area contributed by atoms with Crippen LogP contribution in [0.5, 0.6) is 0 Å². The van der Waals surface area contributed by atoms with E-state index in [-0.39, 0.29) is 16.4 Å². The maximum Gasteiger partial charge on any atom is 0.250 e. The second-order valence-electron chi connectivity index (χ2n) is 8.04. The van der Waals surface area contributed by atoms with Crippen molar-refractivity contribution in [3.05, 3.63) is 11.8 Å². The Kier molecular flexibility index (Phi) is 3.49. The molecule has 0 aromatic rings. The van der Waals surface area contributed by atoms with Crippen LogP contribution in [0.25, 0.3) is 0 Å². The highest BCUT2D eigenvalue weighted by atomic mass is 28.4. The van der Waals surface area contributed by atoms with E-state index in [9.17, 15) is 4.79 Å². The van der Waals surface area contributed by atoms with Gasteiger partial charge in [0.1, 0.15) is 5.78 Å². The van der Waals surface area contributed by atoms with E-state index in [4.69, 9.17) is 4.43 Å². The van der Waals surface area contributed by atoms with E-state index in [1.165, 1.54) is 0 Å². The zero-order valence-electron chi connectivity index (χ0n) is 13.3. The number of hydrogen-bond donors (Lipinski definition) is 0. The molecule has 0 aromatic carbocycles. The molecular formula is C16H28O2Si. The third-order valence-electron chi connectivity index (χ3n) is 5.41. The minimum absolute atomic E-state index is 0.0432. The lowest BCUT2D eigenvalue weighted by Crippen LogP contribution is -2.46. The summed E-state index contributed by atoms with van der Waals surface area (Å²) >= 11 is 0. The van der Waals surface area contributed by atoms with Crippen molar-refractivity contribution in [2.24, 2.45) is 11.3 Å². The van der Waals surface area contributed by atoms with Crippen LogP contribution in [0.2, 0.25) is 18.1 Å². The molecule has 1 fully saturated rings. The summed E-state index contributed by atoms with van der Waals surface area (Å²) in [6.07, 6.45) is 6.27. The minimum Gasteiger partial charge on any atom is -0.546 e. The van der Waals surface area contributed by atoms with Gasteiger partial charge in [0.15, 0.2) is 0 Å². The predicted molar refractivity (Wildman–Crippen MR) is 81.4 cm³/mol. The summed E-state index contributed by atoms with van der Waals surface area (Å²) in [5.41, 5.74) is -0.108. The maximum atomic E-state index is 12.6. The van der Waals surface area contributed by atoms with Crippen LogP contribution in [-0.4, -0.2) is 14.1 Å². The monoisotopic (exact) mass is 280 g/mol. The third kappa shape index (κ3) is 2.54. The van der Waals surface area contributed by atoms with Crippen LogP contribution in [0.1, 0.15) is 53.4 Å². The SMILES string of the molecule is CC(C)(C)[Si](C)(C)OC1=CC[C@]2(C)CCC[C@@H]1C2=O. The van der Waals surface area contributed by atoms with Crippen molar-refractivity contribution in [1.29, 1.82) is 0 Å². The molecule has 0 amide bonds. The van der Waals surface area contributed by atoms with Crippen molar-refractivity contribution in [3.63, 3.8) is 0 Å². The number of fused-ring (bicyclic) bond motifs is 2. The molecule has 0 aromatic heterocycles. The van der Waals surface area contributed by atoms with E-state index in [0.717, 1.165) is 31.4 Å². The molecule has 2 aliphatic rings. The summed E-state index contributed by atoms with van der Waals surface area (Å²) in [5.74, 6) is 1.46. The molecule has 1 saturated carbocycles. The van der Waals surface area contributed by atoms with Gasteiger partial charge in [-0.2, -0.15) is 0 Å². The van der Waals surface area contributed by atoms with Crippen molar-refractivity contribution in [3.8, 4) is 0 Å². The molecule has 3 heteroatoms. The number of ketones is 1. The zero-order valence-corrected chi connectivity index (χ0v) is 14.3. The molecule has 0 unspecified atom stereocenters. The fourth-order valence-electron chi connectivity index (χ4n) is 2.87. The molecule has 2 bridgehead atoms. The van der Waals surface area contributed by atoms with Crippen molar-refractivity contribution in [2.75, 3.05) is 0 Å². The predicted octanol–water partition coefficient (Wildman–Crippen LogP) is 4.67. The molecule has 0 N–H and O–H groups in total. The number of carbonyl (C=O) groups excluding carboxylic acids is 1. The van der Waals surface area contributed by atoms with E-state index >= 15 is 0 Å². The van der Waals surface area contributed by atoms with Gasteiger partial charge in [-0.3, -0.25) is 4.79 Å². The summed E-state index contributed by atoms with van der Waals surface area (Å²) < 4.78 is 6.42. The van der Waals surface area contributed by atoms with E-state index in [0.29, 0.717) is 5.78 Å². The molecule has 2 aliphatic carbocycles. The Hall–Kier alpha value is -0.573. The van der Waals surface area contributed by atoms with E-state index in [1.54, 1.807) is 0 Å². The second kappa shape index (κ2) is 4.47. The fraction of sp³-hybridized carbons (Fsp3) is 0.812. The van der Waals surface area contributed by atoms with Gasteiger partial charge in [-0.05, 0) is 43.5 Å². The van der Waals surface area contributed by atoms with Gasteiger partial charge in [0.25, 0.3) is 0 Å². The molecule has 2 atom stereocenters. The molecule has 19 heavy (non-hydrogen) atoms. The van der Waals surface area contributed by atoms with Crippen LogP contribution in [0.4, 0.5) is 0 Å². The Morgan fingerprint density at radius 1 is 1.37 bits per heavy atom. The first-order valence-electron chi connectivity index (χ1n) is 7.50. The van der Waals surface area contributed by atoms with Gasteiger partial charge < -0.3 is 4.43 Å². The summed E-state index contributed by atoms with van der Waals surface area (Å²) in [6.45, 7) is 13.4. The molecule has 0 heterocycles. The molecule has 108 valence electrons. The highest BCUT2D eigenvalue weighted by molar-refractivity contribution is 6.74. The Balaban J connectivity index is 2.23. The van der Waals surface area contributed by atoms with Crippen molar-refractivity contribution in [2.45, 2.75) is 71.5 Å². The third-order valence-corrected chi connectivity index (χ3v) is 9.77. The van der Waals surface area contributed by atoms with E-state index in [2.05, 4.69) is 46.9 Å². The normalized spacial score (nSPS) is 32.0. The van der Waals surface area contributed by atoms with Gasteiger partial charge in [0, 0.05) is 5.41 Å². The Labute approximate surface area is 118 Å². The van der Waals surface area contributed by atoms with E-state index in [1.807, 2.05) is 0 Å². The maximum absolute atomic E-state index is 12.6. The van der Waals surface area contributed by atoms with Gasteiger partial charge in [0.2, 0.25) is 8.32 Å². The number of rotatable bonds is 2. The average Bonchev–Trinajstić information content (AvgIpc) is 2.24. The van der Waals surface area contributed by atoms with Gasteiger partial charge in [0.05, 0.1) is 11.7 Å². The molecule has 0 spiro atoms. The lowest BCUT2D eigenvalue weighted by molar-refractivity contribution is -0.135. The van der Waals surface area contributed by atoms with Crippen molar-refractivity contribution >= 4 is 14.1 Å². The summed E-state index contributed by atoms with van der Waals surface area (Å²) in [5, 5.41) is 0.187. The fourth-order valence-corrected chi connectivity index (χ4v) is 4.00. The van der Waals surface area contributed by atoms with Crippen LogP contribution < -0.4 is 0 Å². The molecule has 2 nitrogen and oxygen atoms in total. The largest absolute Gasteiger partial charge is 0.546 e. The highest BCUT2D eigenvalue weighted by Gasteiger charge is 2.48. The average molecular weight is 280 g/mol. The van der Waals surface area contributed by atoms with Gasteiger partial charge in [-0.25, -0.2) is 0 Å². The number of allylic oxidation sites excluding steroid dienone is 2. The van der Waals surface area contributed by atoms with E-state index < -0.39 is 8.32 Å². The smallest absolute Gasteiger partial charge is 0.250 e. The number of Topliss-reactive ketones (excluding diaryl/α,β-unsaturated/α-hetero) is 1. The first-order chi connectivity index (χ1) is 8.57. The minimum atomic E-state index is -1.82. The highest BCUT2D eigenvalue weighted by Crippen LogP contribution is 2.48. The van der Waals surface area contributed by atoms with Gasteiger partial charge in [-0.1, -0.05) is 34.1 Å². The first-order valence-corrected chi connectivity index (χ1v) is 10.4. The molecule has 2 rings (SSSR count). The first kappa shape index (κ1) is 14.8. The lowest BCUT2D eigenvalue weighted by Gasteiger charge is -2.44. The van der Waals surface area contributed by atoms with Crippen LogP contribution in [0.3, 0.4) is 0 Å². The number of carbonyl (C=O) groups is 1. The van der Waals surface area contributed by atoms with Crippen LogP contribution >= 0.6 is 0 Å². The van der Waals surface area contributed by atoms with Gasteiger partial charge in [-0.15, -0.1) is 0 Å².